The van der Waals surface area contributed by atoms with Crippen molar-refractivity contribution in [2.75, 3.05) is 23.3 Å². The Balaban J connectivity index is 1.59. The number of pyridine rings is 1. The summed E-state index contributed by atoms with van der Waals surface area (Å²) in [6, 6.07) is 0.273. The van der Waals surface area contributed by atoms with Crippen molar-refractivity contribution >= 4 is 75.0 Å². The first kappa shape index (κ1) is 35.8. The smallest absolute Gasteiger partial charge is 0.410 e. The Morgan fingerprint density at radius 3 is 2.27 bits per heavy atom. The Morgan fingerprint density at radius 2 is 1.75 bits per heavy atom. The quantitative estimate of drug-likeness (QED) is 0.197. The molecule has 2 fully saturated rings. The molecule has 13 heteroatoms. The minimum atomic E-state index is -1.22. The monoisotopic (exact) mass is 776 g/mol. The molecule has 1 spiro atoms. The molecule has 4 rings (SSSR count). The van der Waals surface area contributed by atoms with E-state index in [0.717, 1.165) is 70.9 Å². The van der Waals surface area contributed by atoms with Gasteiger partial charge in [0.15, 0.2) is 5.82 Å². The largest absolute Gasteiger partial charge is 0.598 e. The zero-order valence-corrected chi connectivity index (χ0v) is 31.8. The Kier molecular flexibility index (Phi) is 10.7. The molecule has 9 nitrogen and oxygen atoms in total. The van der Waals surface area contributed by atoms with Gasteiger partial charge in [-0.05, 0) is 85.4 Å². The van der Waals surface area contributed by atoms with Gasteiger partial charge in [-0.25, -0.2) is 19.7 Å². The number of nitrogens with one attached hydrogen (secondary N) is 2. The van der Waals surface area contributed by atoms with Crippen LogP contribution < -0.4 is 14.9 Å². The fraction of sp³-hybridized carbons (Fsp3) is 0.677. The van der Waals surface area contributed by atoms with Crippen LogP contribution in [-0.2, 0) is 22.2 Å². The molecule has 2 aromatic rings. The average Bonchev–Trinajstić information content (AvgIpc) is 3.26. The van der Waals surface area contributed by atoms with Crippen LogP contribution in [0, 0.1) is 9.12 Å². The number of hydrogen-bond acceptors (Lipinski definition) is 8. The van der Waals surface area contributed by atoms with Gasteiger partial charge in [0, 0.05) is 34.8 Å². The van der Waals surface area contributed by atoms with Crippen LogP contribution >= 0.6 is 46.0 Å². The second-order valence-corrected chi connectivity index (χ2v) is 19.4. The summed E-state index contributed by atoms with van der Waals surface area (Å²) in [6.07, 6.45) is 6.06. The molecule has 1 amide bonds. The van der Waals surface area contributed by atoms with E-state index in [0.29, 0.717) is 5.03 Å². The normalized spacial score (nSPS) is 19.8. The molecule has 3 N–H and O–H groups in total. The minimum absolute atomic E-state index is 0.118. The lowest BCUT2D eigenvalue weighted by atomic mass is 9.74. The van der Waals surface area contributed by atoms with E-state index in [4.69, 9.17) is 26.6 Å². The molecule has 2 aliphatic rings. The molecule has 0 aromatic carbocycles. The van der Waals surface area contributed by atoms with E-state index in [9.17, 15) is 14.5 Å². The highest BCUT2D eigenvalue weighted by Crippen LogP contribution is 2.49. The van der Waals surface area contributed by atoms with Gasteiger partial charge < -0.3 is 14.6 Å². The molecule has 0 radical (unpaired) electrons. The van der Waals surface area contributed by atoms with Gasteiger partial charge in [-0.15, -0.1) is 4.72 Å². The number of hydrogen-bond donors (Lipinski definition) is 3. The van der Waals surface area contributed by atoms with E-state index in [1.54, 1.807) is 0 Å². The van der Waals surface area contributed by atoms with Crippen molar-refractivity contribution in [3.63, 3.8) is 0 Å². The highest BCUT2D eigenvalue weighted by molar-refractivity contribution is 14.1. The van der Waals surface area contributed by atoms with E-state index in [2.05, 4.69) is 79.1 Å². The minimum Gasteiger partial charge on any atom is -0.598 e. The lowest BCUT2D eigenvalue weighted by Gasteiger charge is -2.44. The lowest BCUT2D eigenvalue weighted by molar-refractivity contribution is 0.186. The molecular weight excluding hydrogens is 731 g/mol. The number of amides is 1. The van der Waals surface area contributed by atoms with E-state index < -0.39 is 17.5 Å². The summed E-state index contributed by atoms with van der Waals surface area (Å²) in [6.45, 7) is 20.3. The predicted molar refractivity (Wildman–Crippen MR) is 190 cm³/mol. The van der Waals surface area contributed by atoms with Gasteiger partial charge in [0.2, 0.25) is 0 Å². The summed E-state index contributed by atoms with van der Waals surface area (Å²) < 4.78 is 16.8. The number of anilines is 2. The zero-order chi connectivity index (χ0) is 32.8. The summed E-state index contributed by atoms with van der Waals surface area (Å²) in [4.78, 5) is 29.2. The first-order valence-electron chi connectivity index (χ1n) is 15.1. The second kappa shape index (κ2) is 13.2. The van der Waals surface area contributed by atoms with Crippen LogP contribution in [0.3, 0.4) is 0 Å². The Hall–Kier alpha value is -1.06. The van der Waals surface area contributed by atoms with E-state index in [1.165, 1.54) is 11.8 Å². The van der Waals surface area contributed by atoms with Gasteiger partial charge in [0.05, 0.1) is 23.0 Å². The topological polar surface area (TPSA) is 126 Å². The Morgan fingerprint density at radius 1 is 1.11 bits per heavy atom. The van der Waals surface area contributed by atoms with Crippen LogP contribution in [0.1, 0.15) is 106 Å². The lowest BCUT2D eigenvalue weighted by Crippen LogP contribution is -2.53. The Labute approximate surface area is 288 Å². The van der Waals surface area contributed by atoms with Crippen molar-refractivity contribution in [1.29, 1.82) is 0 Å². The predicted octanol–water partition coefficient (Wildman–Crippen LogP) is 8.16. The third kappa shape index (κ3) is 7.90. The first-order chi connectivity index (χ1) is 20.2. The number of halogens is 2. The number of carbonyl (C=O) groups is 1. The van der Waals surface area contributed by atoms with Gasteiger partial charge in [-0.1, -0.05) is 71.3 Å². The molecule has 3 heterocycles. The molecule has 1 saturated carbocycles. The molecule has 1 aliphatic heterocycles. The standard InChI is InChI=1S/C31H46ClIN6O3S2/c1-28(2,3)20-22(21(32)25(37-27(40)41)36-23(20)29(4,5)6)43-26-24(33)35-19(17-34-26)39-15-13-31(14-16-39)12-10-11-18(31)38-44(42)30(7,8)9/h17-18,38H,10-16H2,1-9H3,(H,36,37)(H,40,41)/t18-,44-/m1/s1. The number of rotatable bonds is 6. The maximum atomic E-state index is 12.9. The summed E-state index contributed by atoms with van der Waals surface area (Å²) in [7, 11) is 0. The summed E-state index contributed by atoms with van der Waals surface area (Å²) in [5.74, 6) is 0.960. The van der Waals surface area contributed by atoms with Crippen molar-refractivity contribution in [3.05, 3.63) is 26.2 Å². The summed E-state index contributed by atoms with van der Waals surface area (Å²) >= 11 is 9.43. The molecule has 2 atom stereocenters. The highest BCUT2D eigenvalue weighted by Gasteiger charge is 2.48. The highest BCUT2D eigenvalue weighted by atomic mass is 127. The average molecular weight is 777 g/mol. The molecule has 1 aliphatic carbocycles. The molecule has 44 heavy (non-hydrogen) atoms. The molecule has 244 valence electrons. The molecule has 0 bridgehead atoms. The van der Waals surface area contributed by atoms with Crippen LogP contribution in [-0.4, -0.2) is 54.6 Å². The first-order valence-corrected chi connectivity index (χ1v) is 18.5. The number of aromatic nitrogens is 3. The van der Waals surface area contributed by atoms with Gasteiger partial charge in [-0.2, -0.15) is 0 Å². The van der Waals surface area contributed by atoms with Gasteiger partial charge in [-0.3, -0.25) is 5.32 Å². The van der Waals surface area contributed by atoms with E-state index in [-0.39, 0.29) is 37.9 Å². The van der Waals surface area contributed by atoms with Gasteiger partial charge in [0.25, 0.3) is 0 Å². The van der Waals surface area contributed by atoms with Crippen molar-refractivity contribution in [2.45, 2.75) is 126 Å². The molecule has 1 saturated heterocycles. The fourth-order valence-corrected chi connectivity index (χ4v) is 9.25. The van der Waals surface area contributed by atoms with Crippen molar-refractivity contribution < 1.29 is 14.5 Å². The van der Waals surface area contributed by atoms with Crippen LogP contribution in [0.4, 0.5) is 16.4 Å². The third-order valence-electron chi connectivity index (χ3n) is 8.46. The molecule has 0 unspecified atom stereocenters. The molecular formula is C31H46ClIN6O3S2. The zero-order valence-electron chi connectivity index (χ0n) is 27.2. The summed E-state index contributed by atoms with van der Waals surface area (Å²) in [5.41, 5.74) is 1.24. The number of nitrogens with zero attached hydrogens (tertiary/aromatic N) is 4. The summed E-state index contributed by atoms with van der Waals surface area (Å²) in [5, 5.41) is 12.8. The maximum absolute atomic E-state index is 12.9. The van der Waals surface area contributed by atoms with Crippen LogP contribution in [0.5, 0.6) is 0 Å². The number of piperidine rings is 1. The van der Waals surface area contributed by atoms with Crippen LogP contribution in [0.25, 0.3) is 0 Å². The fourth-order valence-electron chi connectivity index (χ4n) is 6.13. The van der Waals surface area contributed by atoms with Gasteiger partial charge >= 0.3 is 6.09 Å². The number of carboxylic acid groups (broad SMARTS) is 1. The van der Waals surface area contributed by atoms with E-state index >= 15 is 0 Å². The Bertz CT molecular complexity index is 1380. The second-order valence-electron chi connectivity index (χ2n) is 15.0. The van der Waals surface area contributed by atoms with Crippen molar-refractivity contribution in [1.82, 2.24) is 19.7 Å². The third-order valence-corrected chi connectivity index (χ3v) is 12.8. The van der Waals surface area contributed by atoms with Crippen LogP contribution in [0.2, 0.25) is 5.02 Å². The van der Waals surface area contributed by atoms with Crippen molar-refractivity contribution in [3.8, 4) is 0 Å². The van der Waals surface area contributed by atoms with Gasteiger partial charge in [0.1, 0.15) is 19.3 Å². The maximum Gasteiger partial charge on any atom is 0.410 e. The molecule has 2 aromatic heterocycles. The van der Waals surface area contributed by atoms with Crippen LogP contribution in [0.15, 0.2) is 16.1 Å². The van der Waals surface area contributed by atoms with E-state index in [1.807, 2.05) is 27.0 Å². The van der Waals surface area contributed by atoms with Crippen molar-refractivity contribution in [2.24, 2.45) is 5.41 Å². The SMILES string of the molecule is CC(C)(C)c1nc(NC(=O)O)c(Cl)c(Sc2ncc(N3CCC4(CCC[C@H]4N[S@+]([O-])C(C)(C)C)CC3)nc2I)c1C(C)(C)C.